The molecule has 21 heavy (non-hydrogen) atoms. The monoisotopic (exact) mass is 298 g/mol. The van der Waals surface area contributed by atoms with Crippen molar-refractivity contribution in [2.45, 2.75) is 13.3 Å². The maximum absolute atomic E-state index is 5.33. The van der Waals surface area contributed by atoms with Crippen LogP contribution in [0.3, 0.4) is 0 Å². The first-order valence-corrected chi connectivity index (χ1v) is 7.82. The molecule has 0 radical (unpaired) electrons. The summed E-state index contributed by atoms with van der Waals surface area (Å²) in [6.45, 7) is 2.21. The first-order valence-electron chi connectivity index (χ1n) is 7.00. The number of rotatable bonds is 4. The zero-order chi connectivity index (χ0) is 14.8. The van der Waals surface area contributed by atoms with E-state index >= 15 is 0 Å². The summed E-state index contributed by atoms with van der Waals surface area (Å²) in [7, 11) is 3.40. The van der Waals surface area contributed by atoms with E-state index in [2.05, 4.69) is 31.2 Å². The van der Waals surface area contributed by atoms with Crippen molar-refractivity contribution in [3.8, 4) is 21.9 Å². The predicted molar refractivity (Wildman–Crippen MR) is 89.7 cm³/mol. The first kappa shape index (κ1) is 14.0. The highest BCUT2D eigenvalue weighted by Gasteiger charge is 2.13. The predicted octanol–water partition coefficient (Wildman–Crippen LogP) is 5.15. The molecule has 0 amide bonds. The summed E-state index contributed by atoms with van der Waals surface area (Å²) in [5, 5.41) is 1.33. The SMILES string of the molecule is CCc1c(-c2ccc(OC)cc2)sc2cc(OC)ccc12. The Labute approximate surface area is 128 Å². The summed E-state index contributed by atoms with van der Waals surface area (Å²) in [4.78, 5) is 1.34. The molecule has 3 rings (SSSR count). The number of methoxy groups -OCH3 is 2. The second kappa shape index (κ2) is 5.78. The highest BCUT2D eigenvalue weighted by Crippen LogP contribution is 2.40. The molecule has 0 aliphatic carbocycles. The lowest BCUT2D eigenvalue weighted by atomic mass is 10.0. The Bertz CT molecular complexity index is 757. The molecule has 2 nitrogen and oxygen atoms in total. The van der Waals surface area contributed by atoms with Gasteiger partial charge in [-0.05, 0) is 65.4 Å². The second-order valence-electron chi connectivity index (χ2n) is 4.85. The minimum atomic E-state index is 0.888. The van der Waals surface area contributed by atoms with E-state index in [1.807, 2.05) is 29.5 Å². The van der Waals surface area contributed by atoms with Gasteiger partial charge in [0.25, 0.3) is 0 Å². The highest BCUT2D eigenvalue weighted by molar-refractivity contribution is 7.22. The van der Waals surface area contributed by atoms with Crippen LogP contribution >= 0.6 is 11.3 Å². The van der Waals surface area contributed by atoms with Gasteiger partial charge < -0.3 is 9.47 Å². The van der Waals surface area contributed by atoms with Crippen LogP contribution in [0, 0.1) is 0 Å². The molecule has 2 aromatic carbocycles. The molecule has 0 unspecified atom stereocenters. The number of ether oxygens (including phenoxy) is 2. The molecule has 1 aromatic heterocycles. The Kier molecular flexibility index (Phi) is 3.84. The zero-order valence-electron chi connectivity index (χ0n) is 12.5. The molecule has 0 N–H and O–H groups in total. The van der Waals surface area contributed by atoms with Crippen molar-refractivity contribution in [2.75, 3.05) is 14.2 Å². The minimum Gasteiger partial charge on any atom is -0.497 e. The standard InChI is InChI=1S/C18H18O2S/c1-4-15-16-10-9-14(20-3)11-17(16)21-18(15)12-5-7-13(19-2)8-6-12/h5-11H,4H2,1-3H3. The molecule has 0 aliphatic heterocycles. The summed E-state index contributed by atoms with van der Waals surface area (Å²) < 4.78 is 11.8. The number of fused-ring (bicyclic) bond motifs is 1. The Morgan fingerprint density at radius 1 is 0.905 bits per heavy atom. The Balaban J connectivity index is 2.16. The summed E-state index contributed by atoms with van der Waals surface area (Å²) in [5.74, 6) is 1.80. The van der Waals surface area contributed by atoms with Crippen LogP contribution in [0.2, 0.25) is 0 Å². The molecule has 0 saturated heterocycles. The lowest BCUT2D eigenvalue weighted by molar-refractivity contribution is 0.415. The third kappa shape index (κ3) is 2.49. The van der Waals surface area contributed by atoms with Crippen LogP contribution in [0.1, 0.15) is 12.5 Å². The average Bonchev–Trinajstić information content (AvgIpc) is 2.92. The Morgan fingerprint density at radius 3 is 2.19 bits per heavy atom. The van der Waals surface area contributed by atoms with Gasteiger partial charge >= 0.3 is 0 Å². The highest BCUT2D eigenvalue weighted by atomic mass is 32.1. The number of thiophene rings is 1. The van der Waals surface area contributed by atoms with Gasteiger partial charge in [0, 0.05) is 9.58 Å². The van der Waals surface area contributed by atoms with Crippen LogP contribution in [-0.4, -0.2) is 14.2 Å². The third-order valence-corrected chi connectivity index (χ3v) is 4.95. The molecule has 0 bridgehead atoms. The fourth-order valence-corrected chi connectivity index (χ4v) is 3.91. The number of benzene rings is 2. The third-order valence-electron chi connectivity index (χ3n) is 3.71. The van der Waals surface area contributed by atoms with Gasteiger partial charge in [-0.2, -0.15) is 0 Å². The topological polar surface area (TPSA) is 18.5 Å². The molecule has 0 aliphatic rings. The van der Waals surface area contributed by atoms with Gasteiger partial charge in [-0.25, -0.2) is 0 Å². The van der Waals surface area contributed by atoms with Gasteiger partial charge in [0.15, 0.2) is 0 Å². The lowest BCUT2D eigenvalue weighted by Gasteiger charge is -2.04. The van der Waals surface area contributed by atoms with E-state index in [1.165, 1.54) is 26.1 Å². The summed E-state index contributed by atoms with van der Waals surface area (Å²) in [5.41, 5.74) is 2.65. The number of aryl methyl sites for hydroxylation is 1. The van der Waals surface area contributed by atoms with Crippen LogP contribution in [0.4, 0.5) is 0 Å². The normalized spacial score (nSPS) is 10.8. The van der Waals surface area contributed by atoms with Crippen molar-refractivity contribution < 1.29 is 9.47 Å². The van der Waals surface area contributed by atoms with Gasteiger partial charge in [0.1, 0.15) is 11.5 Å². The van der Waals surface area contributed by atoms with Crippen molar-refractivity contribution in [3.63, 3.8) is 0 Å². The van der Waals surface area contributed by atoms with Crippen LogP contribution < -0.4 is 9.47 Å². The summed E-state index contributed by atoms with van der Waals surface area (Å²) in [6.07, 6.45) is 1.02. The van der Waals surface area contributed by atoms with Gasteiger partial charge in [-0.1, -0.05) is 6.92 Å². The van der Waals surface area contributed by atoms with Crippen molar-refractivity contribution in [2.24, 2.45) is 0 Å². The Hall–Kier alpha value is -2.00. The fourth-order valence-electron chi connectivity index (χ4n) is 2.58. The van der Waals surface area contributed by atoms with E-state index in [0.29, 0.717) is 0 Å². The molecular formula is C18H18O2S. The molecule has 1 heterocycles. The molecule has 0 saturated carbocycles. The van der Waals surface area contributed by atoms with Gasteiger partial charge in [-0.15, -0.1) is 11.3 Å². The van der Waals surface area contributed by atoms with E-state index < -0.39 is 0 Å². The quantitative estimate of drug-likeness (QED) is 0.663. The van der Waals surface area contributed by atoms with Crippen molar-refractivity contribution in [1.29, 1.82) is 0 Å². The van der Waals surface area contributed by atoms with E-state index in [1.54, 1.807) is 14.2 Å². The van der Waals surface area contributed by atoms with E-state index in [-0.39, 0.29) is 0 Å². The Morgan fingerprint density at radius 2 is 1.57 bits per heavy atom. The van der Waals surface area contributed by atoms with Crippen molar-refractivity contribution in [1.82, 2.24) is 0 Å². The minimum absolute atomic E-state index is 0.888. The molecule has 0 spiro atoms. The summed E-state index contributed by atoms with van der Waals surface area (Å²) >= 11 is 1.82. The number of hydrogen-bond acceptors (Lipinski definition) is 3. The maximum atomic E-state index is 5.33. The lowest BCUT2D eigenvalue weighted by Crippen LogP contribution is -1.85. The molecule has 0 atom stereocenters. The van der Waals surface area contributed by atoms with Gasteiger partial charge in [0.2, 0.25) is 0 Å². The number of hydrogen-bond donors (Lipinski definition) is 0. The van der Waals surface area contributed by atoms with Crippen LogP contribution in [0.5, 0.6) is 11.5 Å². The van der Waals surface area contributed by atoms with Crippen molar-refractivity contribution in [3.05, 3.63) is 48.0 Å². The van der Waals surface area contributed by atoms with Crippen molar-refractivity contribution >= 4 is 21.4 Å². The first-order chi connectivity index (χ1) is 10.3. The van der Waals surface area contributed by atoms with E-state index in [0.717, 1.165) is 17.9 Å². The van der Waals surface area contributed by atoms with Gasteiger partial charge in [-0.3, -0.25) is 0 Å². The van der Waals surface area contributed by atoms with Crippen LogP contribution in [0.15, 0.2) is 42.5 Å². The second-order valence-corrected chi connectivity index (χ2v) is 5.91. The van der Waals surface area contributed by atoms with E-state index in [4.69, 9.17) is 9.47 Å². The van der Waals surface area contributed by atoms with E-state index in [9.17, 15) is 0 Å². The molecular weight excluding hydrogens is 280 g/mol. The maximum Gasteiger partial charge on any atom is 0.120 e. The average molecular weight is 298 g/mol. The summed E-state index contributed by atoms with van der Waals surface area (Å²) in [6, 6.07) is 14.6. The zero-order valence-corrected chi connectivity index (χ0v) is 13.3. The molecule has 0 fully saturated rings. The largest absolute Gasteiger partial charge is 0.497 e. The van der Waals surface area contributed by atoms with Gasteiger partial charge in [0.05, 0.1) is 14.2 Å². The molecule has 3 heteroatoms. The molecule has 108 valence electrons. The fraction of sp³-hybridized carbons (Fsp3) is 0.222. The van der Waals surface area contributed by atoms with Crippen LogP contribution in [-0.2, 0) is 6.42 Å². The smallest absolute Gasteiger partial charge is 0.120 e. The molecule has 3 aromatic rings. The van der Waals surface area contributed by atoms with Crippen LogP contribution in [0.25, 0.3) is 20.5 Å².